The van der Waals surface area contributed by atoms with Crippen LogP contribution in [0.15, 0.2) is 65.9 Å². The van der Waals surface area contributed by atoms with Crippen LogP contribution in [0.2, 0.25) is 0 Å². The molecule has 0 spiro atoms. The van der Waals surface area contributed by atoms with E-state index in [0.717, 1.165) is 11.3 Å². The lowest BCUT2D eigenvalue weighted by atomic mass is 9.82. The fourth-order valence-corrected chi connectivity index (χ4v) is 4.34. The van der Waals surface area contributed by atoms with Crippen LogP contribution in [0.3, 0.4) is 0 Å². The number of hydrogen-bond donors (Lipinski definition) is 5. The Morgan fingerprint density at radius 3 is 2.70 bits per heavy atom. The Bertz CT molecular complexity index is 961. The average molecular weight is 455 g/mol. The topological polar surface area (TPSA) is 121 Å². The number of para-hydroxylation sites is 1. The molecule has 9 nitrogen and oxygen atoms in total. The lowest BCUT2D eigenvalue weighted by Gasteiger charge is -2.30. The second kappa shape index (κ2) is 10.2. The standard InChI is InChI=1S/C24H30N4O5/c1-14-8-9-18-19(20(23(30)27-18)21-15(2)26-24(31)28-21)22(14)33-13-16(29)12-25-10-11-32-17-6-4-3-5-7-17/h3-9,15-16,20-22,25,29H,1,10-13H2,2H3,(H,27,30)(H2,26,28,31). The summed E-state index contributed by atoms with van der Waals surface area (Å²) in [7, 11) is 0. The number of allylic oxidation sites excluding steroid dienone is 1. The van der Waals surface area contributed by atoms with Crippen molar-refractivity contribution in [1.29, 1.82) is 0 Å². The third-order valence-electron chi connectivity index (χ3n) is 5.95. The van der Waals surface area contributed by atoms with Gasteiger partial charge in [-0.15, -0.1) is 0 Å². The van der Waals surface area contributed by atoms with Crippen molar-refractivity contribution in [1.82, 2.24) is 21.3 Å². The molecule has 176 valence electrons. The van der Waals surface area contributed by atoms with Crippen molar-refractivity contribution in [3.05, 3.63) is 65.9 Å². The number of ether oxygens (including phenoxy) is 2. The average Bonchev–Trinajstić information content (AvgIpc) is 3.30. The van der Waals surface area contributed by atoms with Crippen molar-refractivity contribution >= 4 is 11.9 Å². The zero-order chi connectivity index (χ0) is 23.4. The van der Waals surface area contributed by atoms with Crippen LogP contribution in [-0.2, 0) is 9.53 Å². The smallest absolute Gasteiger partial charge is 0.315 e. The molecule has 4 rings (SSSR count). The number of benzene rings is 1. The monoisotopic (exact) mass is 454 g/mol. The molecule has 9 heteroatoms. The summed E-state index contributed by atoms with van der Waals surface area (Å²) in [5, 5.41) is 22.0. The van der Waals surface area contributed by atoms with E-state index >= 15 is 0 Å². The van der Waals surface area contributed by atoms with Gasteiger partial charge in [-0.3, -0.25) is 4.79 Å². The van der Waals surface area contributed by atoms with Gasteiger partial charge in [-0.05, 0) is 30.7 Å². The highest BCUT2D eigenvalue weighted by Crippen LogP contribution is 2.37. The number of carbonyl (C=O) groups is 2. The third kappa shape index (κ3) is 5.27. The van der Waals surface area contributed by atoms with E-state index in [1.165, 1.54) is 0 Å². The van der Waals surface area contributed by atoms with Gasteiger partial charge >= 0.3 is 6.03 Å². The number of carbonyl (C=O) groups excluding carboxylic acids is 2. The first-order chi connectivity index (χ1) is 15.9. The van der Waals surface area contributed by atoms with Gasteiger partial charge in [-0.25, -0.2) is 4.79 Å². The van der Waals surface area contributed by atoms with Gasteiger partial charge in [0.1, 0.15) is 18.5 Å². The first kappa shape index (κ1) is 23.0. The van der Waals surface area contributed by atoms with Crippen molar-refractivity contribution in [3.63, 3.8) is 0 Å². The minimum atomic E-state index is -0.750. The molecule has 0 aromatic heterocycles. The van der Waals surface area contributed by atoms with Crippen molar-refractivity contribution in [2.75, 3.05) is 26.3 Å². The Morgan fingerprint density at radius 1 is 1.18 bits per heavy atom. The first-order valence-corrected chi connectivity index (χ1v) is 11.1. The molecule has 3 amide bonds. The quantitative estimate of drug-likeness (QED) is 0.330. The Hall–Kier alpha value is -3.14. The lowest BCUT2D eigenvalue weighted by molar-refractivity contribution is -0.123. The second-order valence-electron chi connectivity index (χ2n) is 8.41. The van der Waals surface area contributed by atoms with E-state index in [4.69, 9.17) is 9.47 Å². The number of amides is 3. The van der Waals surface area contributed by atoms with Crippen LogP contribution in [0, 0.1) is 5.92 Å². The van der Waals surface area contributed by atoms with Gasteiger partial charge in [0.2, 0.25) is 5.91 Å². The largest absolute Gasteiger partial charge is 0.492 e. The molecule has 2 aliphatic heterocycles. The molecular formula is C24H30N4O5. The van der Waals surface area contributed by atoms with Crippen LogP contribution in [0.25, 0.3) is 0 Å². The number of nitrogens with one attached hydrogen (secondary N) is 4. The molecule has 1 aromatic rings. The molecule has 2 heterocycles. The molecule has 1 fully saturated rings. The van der Waals surface area contributed by atoms with E-state index in [1.807, 2.05) is 37.3 Å². The van der Waals surface area contributed by atoms with Gasteiger partial charge < -0.3 is 35.8 Å². The second-order valence-corrected chi connectivity index (χ2v) is 8.41. The van der Waals surface area contributed by atoms with Crippen molar-refractivity contribution < 1.29 is 24.2 Å². The summed E-state index contributed by atoms with van der Waals surface area (Å²) < 4.78 is 11.7. The van der Waals surface area contributed by atoms with Crippen molar-refractivity contribution in [2.24, 2.45) is 5.92 Å². The van der Waals surface area contributed by atoms with E-state index in [-0.39, 0.29) is 24.6 Å². The molecule has 5 atom stereocenters. The van der Waals surface area contributed by atoms with Crippen LogP contribution < -0.4 is 26.0 Å². The molecule has 33 heavy (non-hydrogen) atoms. The minimum absolute atomic E-state index is 0.0621. The van der Waals surface area contributed by atoms with Crippen LogP contribution in [0.1, 0.15) is 6.92 Å². The van der Waals surface area contributed by atoms with E-state index in [1.54, 1.807) is 12.2 Å². The molecule has 0 saturated carbocycles. The molecule has 0 radical (unpaired) electrons. The Morgan fingerprint density at radius 2 is 1.97 bits per heavy atom. The SMILES string of the molecule is C=C1C=CC2=C(C1OCC(O)CNCCOc1ccccc1)C(C1NC(=O)NC1C)C(=O)N2. The normalized spacial score (nSPS) is 27.2. The van der Waals surface area contributed by atoms with Gasteiger partial charge in [0, 0.05) is 30.4 Å². The lowest BCUT2D eigenvalue weighted by Crippen LogP contribution is -2.45. The number of hydrogen-bond acceptors (Lipinski definition) is 6. The molecule has 1 aliphatic carbocycles. The molecule has 1 saturated heterocycles. The summed E-state index contributed by atoms with van der Waals surface area (Å²) in [6, 6.07) is 8.62. The Balaban J connectivity index is 1.29. The summed E-state index contributed by atoms with van der Waals surface area (Å²) in [6.45, 7) is 7.37. The van der Waals surface area contributed by atoms with Gasteiger partial charge in [-0.2, -0.15) is 0 Å². The highest BCUT2D eigenvalue weighted by molar-refractivity contribution is 5.91. The van der Waals surface area contributed by atoms with Crippen LogP contribution in [0.5, 0.6) is 5.75 Å². The summed E-state index contributed by atoms with van der Waals surface area (Å²) in [5.41, 5.74) is 2.10. The van der Waals surface area contributed by atoms with Gasteiger partial charge in [-0.1, -0.05) is 30.9 Å². The maximum Gasteiger partial charge on any atom is 0.315 e. The molecule has 5 unspecified atom stereocenters. The highest BCUT2D eigenvalue weighted by atomic mass is 16.5. The van der Waals surface area contributed by atoms with E-state index in [0.29, 0.717) is 31.0 Å². The van der Waals surface area contributed by atoms with Gasteiger partial charge in [0.25, 0.3) is 0 Å². The first-order valence-electron chi connectivity index (χ1n) is 11.1. The summed E-state index contributed by atoms with van der Waals surface area (Å²) >= 11 is 0. The number of rotatable bonds is 10. The third-order valence-corrected chi connectivity index (χ3v) is 5.95. The predicted octanol–water partition coefficient (Wildman–Crippen LogP) is 0.597. The van der Waals surface area contributed by atoms with Gasteiger partial charge in [0.05, 0.1) is 24.7 Å². The number of urea groups is 1. The fourth-order valence-electron chi connectivity index (χ4n) is 4.34. The predicted molar refractivity (Wildman–Crippen MR) is 122 cm³/mol. The van der Waals surface area contributed by atoms with Crippen molar-refractivity contribution in [3.8, 4) is 5.75 Å². The van der Waals surface area contributed by atoms with Crippen LogP contribution in [-0.4, -0.2) is 67.6 Å². The fraction of sp³-hybridized carbons (Fsp3) is 0.417. The molecule has 1 aromatic carbocycles. The number of aliphatic hydroxyl groups is 1. The highest BCUT2D eigenvalue weighted by Gasteiger charge is 2.48. The Labute approximate surface area is 192 Å². The van der Waals surface area contributed by atoms with Crippen LogP contribution in [0.4, 0.5) is 4.79 Å². The zero-order valence-corrected chi connectivity index (χ0v) is 18.5. The Kier molecular flexibility index (Phi) is 7.12. The van der Waals surface area contributed by atoms with E-state index in [9.17, 15) is 14.7 Å². The van der Waals surface area contributed by atoms with E-state index in [2.05, 4.69) is 27.8 Å². The van der Waals surface area contributed by atoms with Crippen molar-refractivity contribution in [2.45, 2.75) is 31.2 Å². The number of aliphatic hydroxyl groups excluding tert-OH is 1. The summed E-state index contributed by atoms with van der Waals surface area (Å²) in [6.07, 6.45) is 2.29. The van der Waals surface area contributed by atoms with Crippen LogP contribution >= 0.6 is 0 Å². The molecule has 3 aliphatic rings. The summed E-state index contributed by atoms with van der Waals surface area (Å²) in [5.74, 6) is 0.0360. The van der Waals surface area contributed by atoms with Gasteiger partial charge in [0.15, 0.2) is 0 Å². The molecular weight excluding hydrogens is 424 g/mol. The summed E-state index contributed by atoms with van der Waals surface area (Å²) in [4.78, 5) is 24.5. The van der Waals surface area contributed by atoms with E-state index < -0.39 is 24.2 Å². The maximum atomic E-state index is 12.8. The molecule has 5 N–H and O–H groups in total. The molecule has 0 bridgehead atoms. The minimum Gasteiger partial charge on any atom is -0.492 e. The maximum absolute atomic E-state index is 12.8. The zero-order valence-electron chi connectivity index (χ0n) is 18.5.